The first-order valence-corrected chi connectivity index (χ1v) is 7.51. The predicted octanol–water partition coefficient (Wildman–Crippen LogP) is 0.678. The SMILES string of the molecule is CCCNCCn1nnnc1SC1CCCC1O. The van der Waals surface area contributed by atoms with Crippen molar-refractivity contribution in [1.82, 2.24) is 25.5 Å². The molecule has 0 saturated heterocycles. The smallest absolute Gasteiger partial charge is 0.209 e. The van der Waals surface area contributed by atoms with Gasteiger partial charge in [0.25, 0.3) is 0 Å². The molecule has 7 heteroatoms. The molecule has 18 heavy (non-hydrogen) atoms. The second-order valence-corrected chi connectivity index (χ2v) is 5.80. The number of tetrazole rings is 1. The second-order valence-electron chi connectivity index (χ2n) is 4.59. The lowest BCUT2D eigenvalue weighted by Crippen LogP contribution is -2.22. The molecule has 102 valence electrons. The van der Waals surface area contributed by atoms with Crippen LogP contribution in [0.15, 0.2) is 5.16 Å². The van der Waals surface area contributed by atoms with Crippen LogP contribution < -0.4 is 5.32 Å². The number of nitrogens with zero attached hydrogens (tertiary/aromatic N) is 4. The number of rotatable bonds is 7. The summed E-state index contributed by atoms with van der Waals surface area (Å²) < 4.78 is 1.82. The van der Waals surface area contributed by atoms with Gasteiger partial charge < -0.3 is 10.4 Å². The first-order valence-electron chi connectivity index (χ1n) is 6.63. The van der Waals surface area contributed by atoms with Gasteiger partial charge in [0, 0.05) is 11.8 Å². The Morgan fingerprint density at radius 2 is 2.33 bits per heavy atom. The van der Waals surface area contributed by atoms with Crippen molar-refractivity contribution in [3.63, 3.8) is 0 Å². The molecule has 1 heterocycles. The van der Waals surface area contributed by atoms with Gasteiger partial charge in [-0.15, -0.1) is 5.10 Å². The minimum atomic E-state index is -0.210. The van der Waals surface area contributed by atoms with Crippen molar-refractivity contribution in [2.75, 3.05) is 13.1 Å². The summed E-state index contributed by atoms with van der Waals surface area (Å²) in [4.78, 5) is 0. The van der Waals surface area contributed by atoms with Gasteiger partial charge in [-0.1, -0.05) is 18.7 Å². The summed E-state index contributed by atoms with van der Waals surface area (Å²) in [6, 6.07) is 0. The lowest BCUT2D eigenvalue weighted by Gasteiger charge is -2.13. The summed E-state index contributed by atoms with van der Waals surface area (Å²) in [5.74, 6) is 0. The number of nitrogens with one attached hydrogen (secondary N) is 1. The van der Waals surface area contributed by atoms with Gasteiger partial charge >= 0.3 is 0 Å². The van der Waals surface area contributed by atoms with Gasteiger partial charge in [0.15, 0.2) is 0 Å². The first-order chi connectivity index (χ1) is 8.81. The van der Waals surface area contributed by atoms with E-state index in [0.29, 0.717) is 0 Å². The third kappa shape index (κ3) is 3.66. The Balaban J connectivity index is 1.83. The maximum atomic E-state index is 9.81. The molecule has 1 aromatic heterocycles. The molecule has 2 unspecified atom stereocenters. The monoisotopic (exact) mass is 271 g/mol. The summed E-state index contributed by atoms with van der Waals surface area (Å²) in [5.41, 5.74) is 0. The zero-order valence-corrected chi connectivity index (χ0v) is 11.6. The molecular formula is C11H21N5OS. The fourth-order valence-electron chi connectivity index (χ4n) is 2.09. The zero-order valence-electron chi connectivity index (χ0n) is 10.7. The molecule has 2 N–H and O–H groups in total. The van der Waals surface area contributed by atoms with Crippen LogP contribution in [0.5, 0.6) is 0 Å². The molecule has 1 saturated carbocycles. The van der Waals surface area contributed by atoms with E-state index >= 15 is 0 Å². The molecule has 2 rings (SSSR count). The maximum Gasteiger partial charge on any atom is 0.209 e. The van der Waals surface area contributed by atoms with Gasteiger partial charge in [0.1, 0.15) is 0 Å². The van der Waals surface area contributed by atoms with Crippen LogP contribution >= 0.6 is 11.8 Å². The van der Waals surface area contributed by atoms with Crippen molar-refractivity contribution < 1.29 is 5.11 Å². The third-order valence-electron chi connectivity index (χ3n) is 3.10. The number of thioether (sulfide) groups is 1. The van der Waals surface area contributed by atoms with E-state index in [2.05, 4.69) is 27.8 Å². The van der Waals surface area contributed by atoms with Crippen LogP contribution in [0.25, 0.3) is 0 Å². The quantitative estimate of drug-likeness (QED) is 0.710. The number of aliphatic hydroxyl groups excluding tert-OH is 1. The molecule has 0 spiro atoms. The first kappa shape index (κ1) is 13.8. The van der Waals surface area contributed by atoms with E-state index in [-0.39, 0.29) is 11.4 Å². The second kappa shape index (κ2) is 7.06. The average molecular weight is 271 g/mol. The third-order valence-corrected chi connectivity index (χ3v) is 4.46. The van der Waals surface area contributed by atoms with Crippen molar-refractivity contribution in [3.05, 3.63) is 0 Å². The molecule has 0 amide bonds. The average Bonchev–Trinajstić information content (AvgIpc) is 2.96. The topological polar surface area (TPSA) is 75.9 Å². The minimum absolute atomic E-state index is 0.210. The number of aromatic nitrogens is 4. The van der Waals surface area contributed by atoms with Gasteiger partial charge in [-0.2, -0.15) is 0 Å². The lowest BCUT2D eigenvalue weighted by molar-refractivity contribution is 0.188. The highest BCUT2D eigenvalue weighted by Gasteiger charge is 2.27. The van der Waals surface area contributed by atoms with Crippen molar-refractivity contribution in [3.8, 4) is 0 Å². The van der Waals surface area contributed by atoms with Gasteiger partial charge in [-0.05, 0) is 42.7 Å². The predicted molar refractivity (Wildman–Crippen MR) is 70.5 cm³/mol. The van der Waals surface area contributed by atoms with Crippen molar-refractivity contribution in [1.29, 1.82) is 0 Å². The van der Waals surface area contributed by atoms with Crippen LogP contribution in [0.1, 0.15) is 32.6 Å². The van der Waals surface area contributed by atoms with E-state index in [1.54, 1.807) is 11.8 Å². The van der Waals surface area contributed by atoms with Crippen LogP contribution in [0.4, 0.5) is 0 Å². The molecule has 6 nitrogen and oxygen atoms in total. The highest BCUT2D eigenvalue weighted by molar-refractivity contribution is 7.99. The van der Waals surface area contributed by atoms with E-state index in [1.165, 1.54) is 0 Å². The van der Waals surface area contributed by atoms with Crippen LogP contribution in [-0.2, 0) is 6.54 Å². The minimum Gasteiger partial charge on any atom is -0.392 e. The summed E-state index contributed by atoms with van der Waals surface area (Å²) >= 11 is 1.61. The summed E-state index contributed by atoms with van der Waals surface area (Å²) in [5, 5.41) is 26.0. The van der Waals surface area contributed by atoms with Crippen molar-refractivity contribution in [2.45, 2.75) is 55.7 Å². The Labute approximate surface area is 112 Å². The Kier molecular flexibility index (Phi) is 5.40. The Bertz CT molecular complexity index is 359. The highest BCUT2D eigenvalue weighted by Crippen LogP contribution is 2.33. The largest absolute Gasteiger partial charge is 0.392 e. The number of aliphatic hydroxyl groups is 1. The maximum absolute atomic E-state index is 9.81. The van der Waals surface area contributed by atoms with Gasteiger partial charge in [-0.25, -0.2) is 4.68 Å². The molecule has 0 bridgehead atoms. The molecule has 1 aliphatic carbocycles. The Hall–Kier alpha value is -0.660. The molecule has 1 aliphatic rings. The Morgan fingerprint density at radius 1 is 1.44 bits per heavy atom. The number of hydrogen-bond acceptors (Lipinski definition) is 6. The van der Waals surface area contributed by atoms with Gasteiger partial charge in [0.05, 0.1) is 12.6 Å². The fraction of sp³-hybridized carbons (Fsp3) is 0.909. The lowest BCUT2D eigenvalue weighted by atomic mass is 10.3. The molecule has 1 aromatic rings. The normalized spacial score (nSPS) is 23.7. The van der Waals surface area contributed by atoms with Gasteiger partial charge in [-0.3, -0.25) is 0 Å². The molecular weight excluding hydrogens is 250 g/mol. The molecule has 0 aromatic carbocycles. The molecule has 0 radical (unpaired) electrons. The van der Waals surface area contributed by atoms with E-state index < -0.39 is 0 Å². The van der Waals surface area contributed by atoms with E-state index in [9.17, 15) is 5.11 Å². The van der Waals surface area contributed by atoms with E-state index in [4.69, 9.17) is 0 Å². The highest BCUT2D eigenvalue weighted by atomic mass is 32.2. The summed E-state index contributed by atoms with van der Waals surface area (Å²) in [6.45, 7) is 4.82. The molecule has 2 atom stereocenters. The zero-order chi connectivity index (χ0) is 12.8. The molecule has 1 fully saturated rings. The summed E-state index contributed by atoms with van der Waals surface area (Å²) in [7, 11) is 0. The van der Waals surface area contributed by atoms with Crippen LogP contribution in [0.3, 0.4) is 0 Å². The Morgan fingerprint density at radius 3 is 3.06 bits per heavy atom. The van der Waals surface area contributed by atoms with E-state index in [0.717, 1.165) is 50.5 Å². The summed E-state index contributed by atoms with van der Waals surface area (Å²) in [6.07, 6.45) is 3.96. The van der Waals surface area contributed by atoms with Crippen molar-refractivity contribution in [2.24, 2.45) is 0 Å². The van der Waals surface area contributed by atoms with Crippen molar-refractivity contribution >= 4 is 11.8 Å². The van der Waals surface area contributed by atoms with Gasteiger partial charge in [0.2, 0.25) is 5.16 Å². The standard InChI is InChI=1S/C11H21N5OS/c1-2-6-12-7-8-16-11(13-14-15-16)18-10-5-3-4-9(10)17/h9-10,12,17H,2-8H2,1H3. The van der Waals surface area contributed by atoms with Crippen LogP contribution in [-0.4, -0.2) is 49.8 Å². The fourth-order valence-corrected chi connectivity index (χ4v) is 3.27. The molecule has 0 aliphatic heterocycles. The number of hydrogen-bond donors (Lipinski definition) is 2. The van der Waals surface area contributed by atoms with Crippen LogP contribution in [0, 0.1) is 0 Å². The van der Waals surface area contributed by atoms with Crippen LogP contribution in [0.2, 0.25) is 0 Å². The van der Waals surface area contributed by atoms with E-state index in [1.807, 2.05) is 4.68 Å².